The van der Waals surface area contributed by atoms with E-state index in [4.69, 9.17) is 10.5 Å². The normalized spacial score (nSPS) is 8.65. The van der Waals surface area contributed by atoms with Gasteiger partial charge in [-0.05, 0) is 11.1 Å². The molecule has 4 nitrogen and oxygen atoms in total. The molecule has 4 heteroatoms. The second kappa shape index (κ2) is 6.09. The van der Waals surface area contributed by atoms with Gasteiger partial charge in [0.2, 0.25) is 0 Å². The number of ether oxygens (including phenoxy) is 1. The third-order valence-corrected chi connectivity index (χ3v) is 2.20. The SMILES string of the molecule is COC(=O)CC(=C(C#N)C#N)c1ccccc1. The van der Waals surface area contributed by atoms with Gasteiger partial charge in [0.1, 0.15) is 17.7 Å². The molecule has 0 atom stereocenters. The van der Waals surface area contributed by atoms with E-state index in [1.54, 1.807) is 36.4 Å². The van der Waals surface area contributed by atoms with Crippen LogP contribution in [0.2, 0.25) is 0 Å². The lowest BCUT2D eigenvalue weighted by molar-refractivity contribution is -0.139. The van der Waals surface area contributed by atoms with Crippen molar-refractivity contribution in [3.05, 3.63) is 41.5 Å². The average Bonchev–Trinajstić information content (AvgIpc) is 2.39. The molecular formula is C13H10N2O2. The summed E-state index contributed by atoms with van der Waals surface area (Å²) in [5.74, 6) is -0.480. The van der Waals surface area contributed by atoms with E-state index in [1.165, 1.54) is 7.11 Å². The average molecular weight is 226 g/mol. The first-order chi connectivity index (χ1) is 8.22. The van der Waals surface area contributed by atoms with Gasteiger partial charge in [-0.3, -0.25) is 4.79 Å². The number of nitriles is 2. The molecule has 0 spiro atoms. The molecule has 84 valence electrons. The highest BCUT2D eigenvalue weighted by molar-refractivity contribution is 5.88. The minimum atomic E-state index is -0.480. The summed E-state index contributed by atoms with van der Waals surface area (Å²) in [6.07, 6.45) is -0.0863. The number of hydrogen-bond donors (Lipinski definition) is 0. The van der Waals surface area contributed by atoms with Gasteiger partial charge in [0.25, 0.3) is 0 Å². The quantitative estimate of drug-likeness (QED) is 0.584. The fourth-order valence-corrected chi connectivity index (χ4v) is 1.35. The summed E-state index contributed by atoms with van der Waals surface area (Å²) < 4.78 is 4.55. The monoisotopic (exact) mass is 226 g/mol. The highest BCUT2D eigenvalue weighted by Crippen LogP contribution is 2.22. The van der Waals surface area contributed by atoms with Crippen molar-refractivity contribution in [1.29, 1.82) is 10.5 Å². The lowest BCUT2D eigenvalue weighted by Crippen LogP contribution is -2.03. The molecule has 0 N–H and O–H groups in total. The summed E-state index contributed by atoms with van der Waals surface area (Å²) in [6, 6.07) is 12.4. The van der Waals surface area contributed by atoms with Crippen LogP contribution in [-0.2, 0) is 9.53 Å². The Morgan fingerprint density at radius 1 is 1.24 bits per heavy atom. The van der Waals surface area contributed by atoms with Crippen LogP contribution in [0.1, 0.15) is 12.0 Å². The summed E-state index contributed by atoms with van der Waals surface area (Å²) in [5, 5.41) is 17.7. The van der Waals surface area contributed by atoms with Crippen molar-refractivity contribution >= 4 is 11.5 Å². The van der Waals surface area contributed by atoms with E-state index >= 15 is 0 Å². The number of benzene rings is 1. The van der Waals surface area contributed by atoms with Crippen molar-refractivity contribution in [3.63, 3.8) is 0 Å². The number of nitrogens with zero attached hydrogens (tertiary/aromatic N) is 2. The number of carbonyl (C=O) groups excluding carboxylic acids is 1. The van der Waals surface area contributed by atoms with Crippen molar-refractivity contribution in [1.82, 2.24) is 0 Å². The van der Waals surface area contributed by atoms with Gasteiger partial charge in [0, 0.05) is 0 Å². The summed E-state index contributed by atoms with van der Waals surface area (Å²) in [4.78, 5) is 11.3. The van der Waals surface area contributed by atoms with Gasteiger partial charge < -0.3 is 4.74 Å². The van der Waals surface area contributed by atoms with Gasteiger partial charge in [-0.2, -0.15) is 10.5 Å². The third-order valence-electron chi connectivity index (χ3n) is 2.20. The van der Waals surface area contributed by atoms with Crippen LogP contribution < -0.4 is 0 Å². The number of rotatable bonds is 3. The molecule has 0 radical (unpaired) electrons. The molecule has 0 saturated carbocycles. The predicted octanol–water partition coefficient (Wildman–Crippen LogP) is 2.05. The summed E-state index contributed by atoms with van der Waals surface area (Å²) in [6.45, 7) is 0. The Morgan fingerprint density at radius 2 is 1.82 bits per heavy atom. The van der Waals surface area contributed by atoms with E-state index in [9.17, 15) is 4.79 Å². The fourth-order valence-electron chi connectivity index (χ4n) is 1.35. The summed E-state index contributed by atoms with van der Waals surface area (Å²) >= 11 is 0. The van der Waals surface area contributed by atoms with Crippen LogP contribution in [0.25, 0.3) is 5.57 Å². The molecular weight excluding hydrogens is 216 g/mol. The molecule has 0 aliphatic rings. The van der Waals surface area contributed by atoms with Crippen LogP contribution in [0, 0.1) is 22.7 Å². The van der Waals surface area contributed by atoms with Gasteiger partial charge in [0.05, 0.1) is 13.5 Å². The second-order valence-corrected chi connectivity index (χ2v) is 3.20. The maximum atomic E-state index is 11.3. The molecule has 0 aliphatic carbocycles. The summed E-state index contributed by atoms with van der Waals surface area (Å²) in [5.41, 5.74) is 1.00. The maximum absolute atomic E-state index is 11.3. The number of esters is 1. The highest BCUT2D eigenvalue weighted by atomic mass is 16.5. The van der Waals surface area contributed by atoms with E-state index in [0.29, 0.717) is 11.1 Å². The Bertz CT molecular complexity index is 503. The van der Waals surface area contributed by atoms with Gasteiger partial charge >= 0.3 is 5.97 Å². The molecule has 0 heterocycles. The number of hydrogen-bond acceptors (Lipinski definition) is 4. The van der Waals surface area contributed by atoms with Gasteiger partial charge in [-0.25, -0.2) is 0 Å². The van der Waals surface area contributed by atoms with E-state index in [1.807, 2.05) is 6.07 Å². The molecule has 0 fully saturated rings. The predicted molar refractivity (Wildman–Crippen MR) is 61.2 cm³/mol. The zero-order valence-electron chi connectivity index (χ0n) is 9.30. The van der Waals surface area contributed by atoms with Crippen molar-refractivity contribution < 1.29 is 9.53 Å². The van der Waals surface area contributed by atoms with Crippen LogP contribution in [0.15, 0.2) is 35.9 Å². The molecule has 1 aromatic carbocycles. The van der Waals surface area contributed by atoms with Crippen LogP contribution in [0.5, 0.6) is 0 Å². The molecule has 17 heavy (non-hydrogen) atoms. The Kier molecular flexibility index (Phi) is 4.47. The van der Waals surface area contributed by atoms with Crippen LogP contribution in [0.4, 0.5) is 0 Å². The smallest absolute Gasteiger partial charge is 0.310 e. The number of allylic oxidation sites excluding steroid dienone is 1. The van der Waals surface area contributed by atoms with E-state index in [2.05, 4.69) is 4.74 Å². The van der Waals surface area contributed by atoms with Gasteiger partial charge in [0.15, 0.2) is 0 Å². The molecule has 0 aromatic heterocycles. The maximum Gasteiger partial charge on any atom is 0.310 e. The molecule has 0 saturated heterocycles. The lowest BCUT2D eigenvalue weighted by Gasteiger charge is -2.06. The fraction of sp³-hybridized carbons (Fsp3) is 0.154. The standard InChI is InChI=1S/C13H10N2O2/c1-17-13(16)7-12(11(8-14)9-15)10-5-3-2-4-6-10/h2-6H,7H2,1H3. The zero-order valence-corrected chi connectivity index (χ0v) is 9.30. The topological polar surface area (TPSA) is 73.9 Å². The molecule has 0 bridgehead atoms. The summed E-state index contributed by atoms with van der Waals surface area (Å²) in [7, 11) is 1.27. The molecule has 0 aliphatic heterocycles. The van der Waals surface area contributed by atoms with Gasteiger partial charge in [-0.15, -0.1) is 0 Å². The Labute approximate surface area is 99.4 Å². The van der Waals surface area contributed by atoms with Crippen molar-refractivity contribution in [3.8, 4) is 12.1 Å². The van der Waals surface area contributed by atoms with E-state index in [0.717, 1.165) is 0 Å². The largest absolute Gasteiger partial charge is 0.469 e. The molecule has 1 aromatic rings. The molecule has 0 unspecified atom stereocenters. The lowest BCUT2D eigenvalue weighted by atomic mass is 9.98. The van der Waals surface area contributed by atoms with Crippen LogP contribution in [0.3, 0.4) is 0 Å². The minimum absolute atomic E-state index is 0.0680. The molecule has 0 amide bonds. The first-order valence-electron chi connectivity index (χ1n) is 4.88. The Balaban J connectivity index is 3.23. The van der Waals surface area contributed by atoms with Crippen molar-refractivity contribution in [2.75, 3.05) is 7.11 Å². The van der Waals surface area contributed by atoms with Crippen molar-refractivity contribution in [2.24, 2.45) is 0 Å². The Morgan fingerprint density at radius 3 is 2.29 bits per heavy atom. The van der Waals surface area contributed by atoms with E-state index in [-0.39, 0.29) is 12.0 Å². The number of carbonyl (C=O) groups is 1. The van der Waals surface area contributed by atoms with E-state index < -0.39 is 5.97 Å². The third kappa shape index (κ3) is 3.19. The minimum Gasteiger partial charge on any atom is -0.469 e. The van der Waals surface area contributed by atoms with Crippen molar-refractivity contribution in [2.45, 2.75) is 6.42 Å². The zero-order chi connectivity index (χ0) is 12.7. The van der Waals surface area contributed by atoms with Gasteiger partial charge in [-0.1, -0.05) is 30.3 Å². The number of methoxy groups -OCH3 is 1. The van der Waals surface area contributed by atoms with Crippen LogP contribution >= 0.6 is 0 Å². The first kappa shape index (κ1) is 12.5. The van der Waals surface area contributed by atoms with Crippen LogP contribution in [-0.4, -0.2) is 13.1 Å². The Hall–Kier alpha value is -2.59. The molecule has 1 rings (SSSR count). The second-order valence-electron chi connectivity index (χ2n) is 3.20. The highest BCUT2D eigenvalue weighted by Gasteiger charge is 2.13. The first-order valence-corrected chi connectivity index (χ1v) is 4.88.